The topological polar surface area (TPSA) is 67.2 Å². The van der Waals surface area contributed by atoms with Crippen molar-refractivity contribution in [2.24, 2.45) is 7.05 Å². The van der Waals surface area contributed by atoms with Crippen LogP contribution in [-0.4, -0.2) is 20.6 Å². The van der Waals surface area contributed by atoms with Crippen LogP contribution in [0, 0.1) is 20.8 Å². The lowest BCUT2D eigenvalue weighted by molar-refractivity contribution is 0.101. The summed E-state index contributed by atoms with van der Waals surface area (Å²) in [5.41, 5.74) is 3.56. The Morgan fingerprint density at radius 1 is 1.17 bits per heavy atom. The fraction of sp³-hybridized carbons (Fsp3) is 0.222. The van der Waals surface area contributed by atoms with E-state index in [-0.39, 0.29) is 11.7 Å². The van der Waals surface area contributed by atoms with E-state index in [0.29, 0.717) is 17.2 Å². The van der Waals surface area contributed by atoms with Crippen molar-refractivity contribution in [2.45, 2.75) is 20.8 Å². The van der Waals surface area contributed by atoms with Crippen molar-refractivity contribution in [3.8, 4) is 5.75 Å². The van der Waals surface area contributed by atoms with Crippen molar-refractivity contribution < 1.29 is 9.90 Å². The first-order valence-electron chi connectivity index (χ1n) is 7.42. The monoisotopic (exact) mass is 309 g/mol. The van der Waals surface area contributed by atoms with E-state index in [1.54, 1.807) is 6.92 Å². The van der Waals surface area contributed by atoms with Crippen LogP contribution >= 0.6 is 0 Å². The number of rotatable bonds is 2. The molecule has 0 unspecified atom stereocenters. The first kappa shape index (κ1) is 15.1. The van der Waals surface area contributed by atoms with E-state index in [4.69, 9.17) is 0 Å². The molecule has 0 fully saturated rings. The van der Waals surface area contributed by atoms with Crippen LogP contribution in [0.25, 0.3) is 10.9 Å². The standard InChI is InChI=1S/C18H19N3O2/c1-10-11(2)17(19-12(3)16(10)22)20-18(23)15-9-13-7-5-6-8-14(13)21(15)4/h5-9,22H,1-4H3,(H,19,20,23). The number of nitrogens with zero attached hydrogens (tertiary/aromatic N) is 2. The molecule has 1 aromatic carbocycles. The number of carbonyl (C=O) groups is 1. The number of nitrogens with one attached hydrogen (secondary N) is 1. The van der Waals surface area contributed by atoms with Crippen LogP contribution in [-0.2, 0) is 7.05 Å². The Bertz CT molecular complexity index is 926. The summed E-state index contributed by atoms with van der Waals surface area (Å²) in [4.78, 5) is 16.9. The fourth-order valence-electron chi connectivity index (χ4n) is 2.73. The van der Waals surface area contributed by atoms with Gasteiger partial charge in [0.1, 0.15) is 17.3 Å². The molecule has 0 bridgehead atoms. The summed E-state index contributed by atoms with van der Waals surface area (Å²) >= 11 is 0. The molecule has 5 heteroatoms. The average Bonchev–Trinajstić information content (AvgIpc) is 2.88. The molecule has 2 N–H and O–H groups in total. The van der Waals surface area contributed by atoms with Gasteiger partial charge in [-0.25, -0.2) is 4.98 Å². The number of hydrogen-bond donors (Lipinski definition) is 2. The summed E-state index contributed by atoms with van der Waals surface area (Å²) in [6, 6.07) is 9.71. The van der Waals surface area contributed by atoms with Crippen molar-refractivity contribution in [1.82, 2.24) is 9.55 Å². The summed E-state index contributed by atoms with van der Waals surface area (Å²) in [5, 5.41) is 13.8. The highest BCUT2D eigenvalue weighted by Gasteiger charge is 2.17. The number of para-hydroxylation sites is 1. The Labute approximate surface area is 134 Å². The minimum Gasteiger partial charge on any atom is -0.506 e. The highest BCUT2D eigenvalue weighted by Crippen LogP contribution is 2.28. The van der Waals surface area contributed by atoms with Crippen molar-refractivity contribution >= 4 is 22.6 Å². The predicted octanol–water partition coefficient (Wildman–Crippen LogP) is 3.46. The van der Waals surface area contributed by atoms with E-state index in [2.05, 4.69) is 10.3 Å². The van der Waals surface area contributed by atoms with Crippen LogP contribution in [0.4, 0.5) is 5.82 Å². The predicted molar refractivity (Wildman–Crippen MR) is 91.0 cm³/mol. The van der Waals surface area contributed by atoms with Crippen LogP contribution in [0.15, 0.2) is 30.3 Å². The first-order valence-corrected chi connectivity index (χ1v) is 7.42. The zero-order valence-corrected chi connectivity index (χ0v) is 13.6. The number of carbonyl (C=O) groups excluding carboxylic acids is 1. The Hall–Kier alpha value is -2.82. The van der Waals surface area contributed by atoms with Gasteiger partial charge in [-0.05, 0) is 44.0 Å². The van der Waals surface area contributed by atoms with Gasteiger partial charge < -0.3 is 15.0 Å². The SMILES string of the molecule is Cc1nc(NC(=O)c2cc3ccccc3n2C)c(C)c(C)c1O. The fourth-order valence-corrected chi connectivity index (χ4v) is 2.73. The molecule has 5 nitrogen and oxygen atoms in total. The molecular formula is C18H19N3O2. The minimum atomic E-state index is -0.219. The molecule has 0 saturated carbocycles. The summed E-state index contributed by atoms with van der Waals surface area (Å²) < 4.78 is 1.86. The van der Waals surface area contributed by atoms with Crippen molar-refractivity contribution in [1.29, 1.82) is 0 Å². The molecule has 0 aliphatic carbocycles. The highest BCUT2D eigenvalue weighted by molar-refractivity contribution is 6.06. The normalized spacial score (nSPS) is 11.0. The molecule has 3 aromatic rings. The van der Waals surface area contributed by atoms with Crippen LogP contribution in [0.5, 0.6) is 5.75 Å². The number of pyridine rings is 1. The number of amides is 1. The van der Waals surface area contributed by atoms with Crippen LogP contribution < -0.4 is 5.32 Å². The Kier molecular flexibility index (Phi) is 3.56. The van der Waals surface area contributed by atoms with E-state index in [1.807, 2.05) is 55.8 Å². The lowest BCUT2D eigenvalue weighted by Crippen LogP contribution is -2.17. The number of aryl methyl sites for hydroxylation is 2. The molecule has 1 amide bonds. The second-order valence-electron chi connectivity index (χ2n) is 5.75. The van der Waals surface area contributed by atoms with Gasteiger partial charge in [-0.15, -0.1) is 0 Å². The summed E-state index contributed by atoms with van der Waals surface area (Å²) in [7, 11) is 1.87. The van der Waals surface area contributed by atoms with E-state index in [1.165, 1.54) is 0 Å². The third kappa shape index (κ3) is 2.44. The van der Waals surface area contributed by atoms with Gasteiger partial charge in [-0.3, -0.25) is 4.79 Å². The second-order valence-corrected chi connectivity index (χ2v) is 5.75. The lowest BCUT2D eigenvalue weighted by atomic mass is 10.1. The maximum absolute atomic E-state index is 12.6. The van der Waals surface area contributed by atoms with E-state index < -0.39 is 0 Å². The van der Waals surface area contributed by atoms with Crippen molar-refractivity contribution in [2.75, 3.05) is 5.32 Å². The van der Waals surface area contributed by atoms with Crippen LogP contribution in [0.1, 0.15) is 27.3 Å². The zero-order valence-electron chi connectivity index (χ0n) is 13.6. The number of benzene rings is 1. The van der Waals surface area contributed by atoms with Gasteiger partial charge in [0.15, 0.2) is 0 Å². The van der Waals surface area contributed by atoms with Gasteiger partial charge in [0, 0.05) is 18.0 Å². The highest BCUT2D eigenvalue weighted by atomic mass is 16.3. The quantitative estimate of drug-likeness (QED) is 0.762. The molecule has 0 aliphatic heterocycles. The first-order chi connectivity index (χ1) is 10.9. The maximum Gasteiger partial charge on any atom is 0.273 e. The third-order valence-electron chi connectivity index (χ3n) is 4.31. The number of hydrogen-bond acceptors (Lipinski definition) is 3. The Balaban J connectivity index is 2.00. The number of fused-ring (bicyclic) bond motifs is 1. The zero-order chi connectivity index (χ0) is 16.7. The van der Waals surface area contributed by atoms with Gasteiger partial charge in [0.2, 0.25) is 0 Å². The van der Waals surface area contributed by atoms with Gasteiger partial charge in [-0.2, -0.15) is 0 Å². The molecule has 0 spiro atoms. The smallest absolute Gasteiger partial charge is 0.273 e. The number of aromatic hydroxyl groups is 1. The third-order valence-corrected chi connectivity index (χ3v) is 4.31. The molecular weight excluding hydrogens is 290 g/mol. The summed E-state index contributed by atoms with van der Waals surface area (Å²) in [5.74, 6) is 0.432. The summed E-state index contributed by atoms with van der Waals surface area (Å²) in [6.45, 7) is 5.36. The molecule has 23 heavy (non-hydrogen) atoms. The van der Waals surface area contributed by atoms with Crippen LogP contribution in [0.3, 0.4) is 0 Å². The molecule has 0 atom stereocenters. The molecule has 2 aromatic heterocycles. The Morgan fingerprint density at radius 2 is 1.87 bits per heavy atom. The molecule has 3 rings (SSSR count). The lowest BCUT2D eigenvalue weighted by Gasteiger charge is -2.13. The largest absolute Gasteiger partial charge is 0.506 e. The summed E-state index contributed by atoms with van der Waals surface area (Å²) in [6.07, 6.45) is 0. The van der Waals surface area contributed by atoms with Gasteiger partial charge in [0.05, 0.1) is 5.69 Å². The van der Waals surface area contributed by atoms with Gasteiger partial charge in [-0.1, -0.05) is 18.2 Å². The molecule has 0 radical (unpaired) electrons. The van der Waals surface area contributed by atoms with Crippen LogP contribution in [0.2, 0.25) is 0 Å². The maximum atomic E-state index is 12.6. The second kappa shape index (κ2) is 5.43. The van der Waals surface area contributed by atoms with Gasteiger partial charge >= 0.3 is 0 Å². The van der Waals surface area contributed by atoms with Gasteiger partial charge in [0.25, 0.3) is 5.91 Å². The van der Waals surface area contributed by atoms with E-state index in [9.17, 15) is 9.90 Å². The molecule has 2 heterocycles. The Morgan fingerprint density at radius 3 is 2.57 bits per heavy atom. The minimum absolute atomic E-state index is 0.171. The number of aromatic nitrogens is 2. The average molecular weight is 309 g/mol. The molecule has 118 valence electrons. The number of anilines is 1. The van der Waals surface area contributed by atoms with E-state index in [0.717, 1.165) is 22.0 Å². The van der Waals surface area contributed by atoms with Crippen molar-refractivity contribution in [3.63, 3.8) is 0 Å². The van der Waals surface area contributed by atoms with Crippen molar-refractivity contribution in [3.05, 3.63) is 52.8 Å². The van der Waals surface area contributed by atoms with E-state index >= 15 is 0 Å². The molecule has 0 saturated heterocycles. The molecule has 0 aliphatic rings.